The van der Waals surface area contributed by atoms with E-state index in [1.54, 1.807) is 13.8 Å². The van der Waals surface area contributed by atoms with E-state index in [0.717, 1.165) is 12.3 Å². The second-order valence-electron chi connectivity index (χ2n) is 7.94. The largest absolute Gasteiger partial charge is 0.493 e. The zero-order valence-electron chi connectivity index (χ0n) is 17.5. The molecule has 1 aliphatic rings. The fourth-order valence-electron chi connectivity index (χ4n) is 3.84. The molecule has 0 aliphatic carbocycles. The predicted octanol–water partition coefficient (Wildman–Crippen LogP) is 2.13. The summed E-state index contributed by atoms with van der Waals surface area (Å²) in [7, 11) is 1.22. The minimum atomic E-state index is -1.14. The molecule has 0 spiro atoms. The molecule has 2 amide bonds. The molecule has 3 rings (SSSR count). The molecule has 1 fully saturated rings. The molecule has 1 aliphatic heterocycles. The summed E-state index contributed by atoms with van der Waals surface area (Å²) in [6.45, 7) is 5.44. The molecule has 4 N–H and O–H groups in total. The van der Waals surface area contributed by atoms with Crippen LogP contribution in [0.15, 0.2) is 30.5 Å². The number of nitrogens with two attached hydrogens (primary N) is 1. The molecule has 1 aromatic carbocycles. The van der Waals surface area contributed by atoms with E-state index in [2.05, 4.69) is 5.32 Å². The second-order valence-corrected chi connectivity index (χ2v) is 7.94. The van der Waals surface area contributed by atoms with Crippen molar-refractivity contribution in [2.75, 3.05) is 12.4 Å². The van der Waals surface area contributed by atoms with Gasteiger partial charge in [0.05, 0.1) is 18.4 Å². The second kappa shape index (κ2) is 8.10. The summed E-state index contributed by atoms with van der Waals surface area (Å²) in [5.74, 6) is -4.87. The average Bonchev–Trinajstić information content (AvgIpc) is 2.94. The number of hydrogen-bond donors (Lipinski definition) is 3. The third-order valence-electron chi connectivity index (χ3n) is 5.75. The molecule has 166 valence electrons. The van der Waals surface area contributed by atoms with Crippen LogP contribution in [0, 0.1) is 17.6 Å². The number of primary amides is 1. The van der Waals surface area contributed by atoms with E-state index in [0.29, 0.717) is 10.3 Å². The lowest BCUT2D eigenvalue weighted by atomic mass is 9.78. The van der Waals surface area contributed by atoms with Gasteiger partial charge in [0.25, 0.3) is 5.91 Å². The monoisotopic (exact) mass is 436 g/mol. The van der Waals surface area contributed by atoms with E-state index in [1.165, 1.54) is 25.3 Å². The van der Waals surface area contributed by atoms with Crippen molar-refractivity contribution in [1.82, 2.24) is 0 Å². The molecule has 0 bridgehead atoms. The highest BCUT2D eigenvalue weighted by molar-refractivity contribution is 5.97. The van der Waals surface area contributed by atoms with Gasteiger partial charge in [-0.25, -0.2) is 4.39 Å². The van der Waals surface area contributed by atoms with Crippen molar-refractivity contribution in [3.63, 3.8) is 0 Å². The minimum Gasteiger partial charge on any atom is -0.493 e. The number of nitrogens with zero attached hydrogens (tertiary/aromatic N) is 1. The Morgan fingerprint density at radius 1 is 1.29 bits per heavy atom. The van der Waals surface area contributed by atoms with Crippen molar-refractivity contribution >= 4 is 17.5 Å². The first kappa shape index (κ1) is 22.4. The van der Waals surface area contributed by atoms with Gasteiger partial charge >= 0.3 is 11.6 Å². The summed E-state index contributed by atoms with van der Waals surface area (Å²) >= 11 is 0. The topological polar surface area (TPSA) is 115 Å². The number of ether oxygens (including phenoxy) is 2. The molecule has 2 heterocycles. The van der Waals surface area contributed by atoms with Crippen molar-refractivity contribution in [3.05, 3.63) is 53.4 Å². The van der Waals surface area contributed by atoms with Gasteiger partial charge in [0.2, 0.25) is 12.0 Å². The zero-order valence-corrected chi connectivity index (χ0v) is 17.5. The lowest BCUT2D eigenvalue weighted by Crippen LogP contribution is -2.40. The molecule has 0 radical (unpaired) electrons. The van der Waals surface area contributed by atoms with Gasteiger partial charge in [-0.1, -0.05) is 13.0 Å². The third-order valence-corrected chi connectivity index (χ3v) is 5.75. The molecule has 3 atom stereocenters. The molecular formula is C21H24F2N3O5+. The highest BCUT2D eigenvalue weighted by Gasteiger charge is 2.51. The van der Waals surface area contributed by atoms with Gasteiger partial charge in [-0.2, -0.15) is 4.39 Å². The number of halogens is 2. The van der Waals surface area contributed by atoms with Crippen LogP contribution in [-0.4, -0.2) is 35.8 Å². The maximum Gasteiger partial charge on any atom is 0.323 e. The van der Waals surface area contributed by atoms with E-state index in [9.17, 15) is 23.6 Å². The normalized spacial score (nSPS) is 22.2. The van der Waals surface area contributed by atoms with Gasteiger partial charge in [0, 0.05) is 28.3 Å². The number of pyridine rings is 1. The van der Waals surface area contributed by atoms with Crippen molar-refractivity contribution < 1.29 is 37.8 Å². The maximum atomic E-state index is 14.4. The number of hydrogen-bond acceptors (Lipinski definition) is 5. The first-order chi connectivity index (χ1) is 14.5. The van der Waals surface area contributed by atoms with E-state index in [1.807, 2.05) is 6.92 Å². The van der Waals surface area contributed by atoms with E-state index in [4.69, 9.17) is 15.2 Å². The first-order valence-electron chi connectivity index (χ1n) is 9.53. The van der Waals surface area contributed by atoms with Crippen LogP contribution in [0.25, 0.3) is 0 Å². The molecule has 2 aromatic rings. The molecule has 1 aromatic heterocycles. The summed E-state index contributed by atoms with van der Waals surface area (Å²) in [4.78, 5) is 24.6. The summed E-state index contributed by atoms with van der Waals surface area (Å²) in [6.07, 6.45) is 0.0791. The maximum absolute atomic E-state index is 14.4. The van der Waals surface area contributed by atoms with Crippen LogP contribution in [0.4, 0.5) is 14.5 Å². The molecule has 10 heteroatoms. The van der Waals surface area contributed by atoms with Gasteiger partial charge in [0.1, 0.15) is 6.10 Å². The molecular weight excluding hydrogens is 412 g/mol. The highest BCUT2D eigenvalue weighted by atomic mass is 19.2. The first-order valence-corrected chi connectivity index (χ1v) is 9.53. The summed E-state index contributed by atoms with van der Waals surface area (Å²) in [5, 5.41) is 12.3. The predicted molar refractivity (Wildman–Crippen MR) is 105 cm³/mol. The number of benzene rings is 1. The smallest absolute Gasteiger partial charge is 0.323 e. The van der Waals surface area contributed by atoms with Gasteiger partial charge in [0.15, 0.2) is 11.6 Å². The van der Waals surface area contributed by atoms with Gasteiger partial charge in [-0.3, -0.25) is 14.8 Å². The van der Waals surface area contributed by atoms with Crippen molar-refractivity contribution in [2.24, 2.45) is 11.7 Å². The number of carbonyl (C=O) groups excluding carboxylic acids is 2. The van der Waals surface area contributed by atoms with Gasteiger partial charge < -0.3 is 20.5 Å². The molecule has 1 saturated heterocycles. The fraction of sp³-hybridized carbons (Fsp3) is 0.381. The molecule has 0 saturated carbocycles. The zero-order chi connectivity index (χ0) is 23.1. The van der Waals surface area contributed by atoms with Crippen molar-refractivity contribution in [3.8, 4) is 5.75 Å². The van der Waals surface area contributed by atoms with Crippen LogP contribution in [0.1, 0.15) is 42.7 Å². The average molecular weight is 436 g/mol. The Kier molecular flexibility index (Phi) is 5.86. The summed E-state index contributed by atoms with van der Waals surface area (Å²) in [6, 6.07) is 4.93. The Morgan fingerprint density at radius 3 is 2.58 bits per heavy atom. The van der Waals surface area contributed by atoms with Gasteiger partial charge in [-0.05, 0) is 25.8 Å². The Bertz CT molecular complexity index is 1040. The number of anilines is 1. The van der Waals surface area contributed by atoms with Crippen LogP contribution in [0.2, 0.25) is 0 Å². The highest BCUT2D eigenvalue weighted by Crippen LogP contribution is 2.49. The Hall–Kier alpha value is -3.27. The van der Waals surface area contributed by atoms with E-state index >= 15 is 0 Å². The summed E-state index contributed by atoms with van der Waals surface area (Å²) in [5.41, 5.74) is 4.71. The number of aromatic nitrogens is 1. The Morgan fingerprint density at radius 2 is 1.97 bits per heavy atom. The van der Waals surface area contributed by atoms with E-state index in [-0.39, 0.29) is 23.0 Å². The molecule has 8 nitrogen and oxygen atoms in total. The third kappa shape index (κ3) is 4.02. The van der Waals surface area contributed by atoms with Crippen LogP contribution < -0.4 is 20.5 Å². The van der Waals surface area contributed by atoms with Crippen LogP contribution in [0.5, 0.6) is 5.75 Å². The number of rotatable bonds is 5. The quantitative estimate of drug-likeness (QED) is 0.491. The fourth-order valence-corrected chi connectivity index (χ4v) is 3.84. The number of amides is 2. The van der Waals surface area contributed by atoms with Crippen molar-refractivity contribution in [1.29, 1.82) is 0 Å². The van der Waals surface area contributed by atoms with E-state index < -0.39 is 41.1 Å². The number of carbonyl (C=O) groups is 2. The minimum absolute atomic E-state index is 0.195. The van der Waals surface area contributed by atoms with Crippen molar-refractivity contribution in [2.45, 2.75) is 38.4 Å². The molecule has 0 unspecified atom stereocenters. The van der Waals surface area contributed by atoms with Gasteiger partial charge in [-0.15, -0.1) is 0 Å². The van der Waals surface area contributed by atoms with Crippen LogP contribution in [-0.2, 0) is 9.53 Å². The standard InChI is InChI=1S/C21H23F2N3O5/c1-10-15(12-5-6-13(22)16(23)17(12)30-4)18(31-21(10,2)3)20(28)25-11-7-8-26(29)14(9-11)19(24)27/h5-10,15,18,29H,1-4H3,(H2,24,27)/p+1/t10-,15-,18-/m0/s1. The summed E-state index contributed by atoms with van der Waals surface area (Å²) < 4.78 is 39.7. The van der Waals surface area contributed by atoms with Crippen LogP contribution >= 0.6 is 0 Å². The Labute approximate surface area is 177 Å². The lowest BCUT2D eigenvalue weighted by Gasteiger charge is -2.25. The number of nitrogens with one attached hydrogen (secondary N) is 1. The SMILES string of the molecule is COc1c([C@H]2[C@@H](C(=O)Nc3cc[n+](O)c(C(N)=O)c3)OC(C)(C)[C@H]2C)ccc(F)c1F. The van der Waals surface area contributed by atoms with Crippen LogP contribution in [0.3, 0.4) is 0 Å². The number of methoxy groups -OCH3 is 1. The lowest BCUT2D eigenvalue weighted by molar-refractivity contribution is -0.905. The molecule has 31 heavy (non-hydrogen) atoms. The Balaban J connectivity index is 1.99.